The van der Waals surface area contributed by atoms with Gasteiger partial charge in [-0.1, -0.05) is 30.3 Å². The normalized spacial score (nSPS) is 10.6. The van der Waals surface area contributed by atoms with Crippen molar-refractivity contribution in [1.82, 2.24) is 4.98 Å². The fourth-order valence-corrected chi connectivity index (χ4v) is 2.07. The summed E-state index contributed by atoms with van der Waals surface area (Å²) in [5, 5.41) is 5.68. The maximum atomic E-state index is 6.02. The Kier molecular flexibility index (Phi) is 2.80. The molecule has 0 radical (unpaired) electrons. The summed E-state index contributed by atoms with van der Waals surface area (Å²) in [6.45, 7) is 1.97. The second kappa shape index (κ2) is 4.61. The highest BCUT2D eigenvalue weighted by Crippen LogP contribution is 2.25. The third-order valence-electron chi connectivity index (χ3n) is 3.22. The van der Waals surface area contributed by atoms with E-state index in [9.17, 15) is 0 Å². The van der Waals surface area contributed by atoms with Crippen molar-refractivity contribution in [3.05, 3.63) is 60.3 Å². The monoisotopic (exact) mass is 249 g/mol. The lowest BCUT2D eigenvalue weighted by Gasteiger charge is -2.10. The first-order valence-electron chi connectivity index (χ1n) is 6.21. The molecule has 0 atom stereocenters. The zero-order valence-corrected chi connectivity index (χ0v) is 10.7. The molecule has 3 nitrogen and oxygen atoms in total. The molecule has 3 heteroatoms. The molecule has 0 bridgehead atoms. The Hall–Kier alpha value is -2.55. The summed E-state index contributed by atoms with van der Waals surface area (Å²) in [5.41, 5.74) is 8.72. The molecule has 2 aromatic carbocycles. The molecule has 3 rings (SSSR count). The summed E-state index contributed by atoms with van der Waals surface area (Å²) in [6, 6.07) is 16.4. The Morgan fingerprint density at radius 2 is 1.79 bits per heavy atom. The lowest BCUT2D eigenvalue weighted by atomic mass is 10.1. The molecule has 3 aromatic rings. The summed E-state index contributed by atoms with van der Waals surface area (Å²) >= 11 is 0. The summed E-state index contributed by atoms with van der Waals surface area (Å²) < 4.78 is 0. The van der Waals surface area contributed by atoms with Crippen molar-refractivity contribution in [3.63, 3.8) is 0 Å². The topological polar surface area (TPSA) is 50.9 Å². The van der Waals surface area contributed by atoms with E-state index in [1.54, 1.807) is 6.20 Å². The number of benzene rings is 2. The molecule has 0 aliphatic carbocycles. The van der Waals surface area contributed by atoms with Gasteiger partial charge in [-0.05, 0) is 41.5 Å². The van der Waals surface area contributed by atoms with E-state index >= 15 is 0 Å². The SMILES string of the molecule is Cc1ccnc(Nc2ccc3ccccc3c2)c1N. The van der Waals surface area contributed by atoms with Crippen molar-refractivity contribution >= 4 is 28.0 Å². The van der Waals surface area contributed by atoms with E-state index in [2.05, 4.69) is 34.6 Å². The maximum absolute atomic E-state index is 6.02. The van der Waals surface area contributed by atoms with Crippen LogP contribution in [-0.2, 0) is 0 Å². The van der Waals surface area contributed by atoms with Gasteiger partial charge in [0.25, 0.3) is 0 Å². The van der Waals surface area contributed by atoms with Crippen molar-refractivity contribution in [2.45, 2.75) is 6.92 Å². The van der Waals surface area contributed by atoms with Gasteiger partial charge in [-0.2, -0.15) is 0 Å². The van der Waals surface area contributed by atoms with Crippen LogP contribution in [0.2, 0.25) is 0 Å². The van der Waals surface area contributed by atoms with Gasteiger partial charge in [-0.25, -0.2) is 4.98 Å². The van der Waals surface area contributed by atoms with Crippen molar-refractivity contribution in [2.24, 2.45) is 0 Å². The van der Waals surface area contributed by atoms with Crippen LogP contribution in [0.3, 0.4) is 0 Å². The van der Waals surface area contributed by atoms with E-state index in [4.69, 9.17) is 5.73 Å². The number of rotatable bonds is 2. The minimum atomic E-state index is 0.690. The fraction of sp³-hybridized carbons (Fsp3) is 0.0625. The first-order valence-corrected chi connectivity index (χ1v) is 6.21. The van der Waals surface area contributed by atoms with Gasteiger partial charge in [0.15, 0.2) is 5.82 Å². The van der Waals surface area contributed by atoms with Gasteiger partial charge in [0.2, 0.25) is 0 Å². The average Bonchev–Trinajstić information content (AvgIpc) is 2.44. The third kappa shape index (κ3) is 2.22. The number of fused-ring (bicyclic) bond motifs is 1. The van der Waals surface area contributed by atoms with Crippen molar-refractivity contribution in [1.29, 1.82) is 0 Å². The zero-order chi connectivity index (χ0) is 13.2. The first-order chi connectivity index (χ1) is 9.24. The molecular weight excluding hydrogens is 234 g/mol. The Morgan fingerprint density at radius 1 is 1.00 bits per heavy atom. The van der Waals surface area contributed by atoms with Crippen LogP contribution in [0.1, 0.15) is 5.56 Å². The number of pyridine rings is 1. The van der Waals surface area contributed by atoms with Crippen LogP contribution >= 0.6 is 0 Å². The van der Waals surface area contributed by atoms with Gasteiger partial charge in [0.05, 0.1) is 5.69 Å². The van der Waals surface area contributed by atoms with E-state index in [0.29, 0.717) is 11.5 Å². The van der Waals surface area contributed by atoms with Gasteiger partial charge in [0, 0.05) is 11.9 Å². The average molecular weight is 249 g/mol. The van der Waals surface area contributed by atoms with Crippen LogP contribution in [0.5, 0.6) is 0 Å². The third-order valence-corrected chi connectivity index (χ3v) is 3.22. The molecule has 0 amide bonds. The minimum absolute atomic E-state index is 0.690. The summed E-state index contributed by atoms with van der Waals surface area (Å²) in [5.74, 6) is 0.704. The number of hydrogen-bond acceptors (Lipinski definition) is 3. The lowest BCUT2D eigenvalue weighted by Crippen LogP contribution is -2.00. The molecule has 0 saturated carbocycles. The molecule has 0 aliphatic heterocycles. The summed E-state index contributed by atoms with van der Waals surface area (Å²) in [6.07, 6.45) is 1.76. The van der Waals surface area contributed by atoms with Crippen LogP contribution in [0.25, 0.3) is 10.8 Å². The highest BCUT2D eigenvalue weighted by Gasteiger charge is 2.03. The van der Waals surface area contributed by atoms with Crippen LogP contribution in [0.15, 0.2) is 54.7 Å². The van der Waals surface area contributed by atoms with Crippen LogP contribution in [-0.4, -0.2) is 4.98 Å². The molecule has 0 aliphatic rings. The highest BCUT2D eigenvalue weighted by atomic mass is 15.0. The van der Waals surface area contributed by atoms with Gasteiger partial charge < -0.3 is 11.1 Å². The Labute approximate surface area is 112 Å². The predicted octanol–water partition coefficient (Wildman–Crippen LogP) is 3.87. The zero-order valence-electron chi connectivity index (χ0n) is 10.7. The van der Waals surface area contributed by atoms with Crippen LogP contribution in [0, 0.1) is 6.92 Å². The molecule has 0 saturated heterocycles. The quantitative estimate of drug-likeness (QED) is 0.725. The number of nitrogens with zero attached hydrogens (tertiary/aromatic N) is 1. The molecule has 0 spiro atoms. The smallest absolute Gasteiger partial charge is 0.153 e. The van der Waals surface area contributed by atoms with Crippen LogP contribution in [0.4, 0.5) is 17.2 Å². The minimum Gasteiger partial charge on any atom is -0.396 e. The molecule has 0 unspecified atom stereocenters. The number of hydrogen-bond donors (Lipinski definition) is 2. The molecular formula is C16H15N3. The van der Waals surface area contributed by atoms with E-state index in [1.165, 1.54) is 10.8 Å². The molecule has 1 heterocycles. The Bertz CT molecular complexity index is 735. The number of aryl methyl sites for hydroxylation is 1. The van der Waals surface area contributed by atoms with E-state index in [0.717, 1.165) is 11.3 Å². The number of nitrogens with one attached hydrogen (secondary N) is 1. The molecule has 3 N–H and O–H groups in total. The van der Waals surface area contributed by atoms with Gasteiger partial charge in [-0.3, -0.25) is 0 Å². The van der Waals surface area contributed by atoms with Crippen molar-refractivity contribution < 1.29 is 0 Å². The molecule has 0 fully saturated rings. The number of aromatic nitrogens is 1. The number of anilines is 3. The van der Waals surface area contributed by atoms with E-state index in [1.807, 2.05) is 31.2 Å². The summed E-state index contributed by atoms with van der Waals surface area (Å²) in [7, 11) is 0. The molecule has 94 valence electrons. The van der Waals surface area contributed by atoms with Gasteiger partial charge in [-0.15, -0.1) is 0 Å². The van der Waals surface area contributed by atoms with Crippen LogP contribution < -0.4 is 11.1 Å². The van der Waals surface area contributed by atoms with Crippen molar-refractivity contribution in [3.8, 4) is 0 Å². The fourth-order valence-electron chi connectivity index (χ4n) is 2.07. The maximum Gasteiger partial charge on any atom is 0.153 e. The van der Waals surface area contributed by atoms with E-state index < -0.39 is 0 Å². The second-order valence-electron chi connectivity index (χ2n) is 4.58. The highest BCUT2D eigenvalue weighted by molar-refractivity contribution is 5.87. The predicted molar refractivity (Wildman–Crippen MR) is 80.6 cm³/mol. The second-order valence-corrected chi connectivity index (χ2v) is 4.58. The number of nitrogens with two attached hydrogens (primary N) is 1. The lowest BCUT2D eigenvalue weighted by molar-refractivity contribution is 1.28. The standard InChI is InChI=1S/C16H15N3/c1-11-8-9-18-16(15(11)17)19-14-7-6-12-4-2-3-5-13(12)10-14/h2-10H,17H2,1H3,(H,18,19). The van der Waals surface area contributed by atoms with Crippen molar-refractivity contribution in [2.75, 3.05) is 11.1 Å². The van der Waals surface area contributed by atoms with Gasteiger partial charge in [0.1, 0.15) is 0 Å². The molecule has 1 aromatic heterocycles. The first kappa shape index (κ1) is 11.5. The largest absolute Gasteiger partial charge is 0.396 e. The number of nitrogen functional groups attached to an aromatic ring is 1. The Morgan fingerprint density at radius 3 is 2.63 bits per heavy atom. The Balaban J connectivity index is 1.99. The molecule has 19 heavy (non-hydrogen) atoms. The van der Waals surface area contributed by atoms with E-state index in [-0.39, 0.29) is 0 Å². The summed E-state index contributed by atoms with van der Waals surface area (Å²) in [4.78, 5) is 4.28. The van der Waals surface area contributed by atoms with Gasteiger partial charge >= 0.3 is 0 Å².